The van der Waals surface area contributed by atoms with Gasteiger partial charge in [-0.1, -0.05) is 0 Å². The first-order valence-corrected chi connectivity index (χ1v) is 8.37. The zero-order valence-corrected chi connectivity index (χ0v) is 14.5. The van der Waals surface area contributed by atoms with Crippen molar-refractivity contribution in [3.05, 3.63) is 44.9 Å². The number of aromatic nitrogens is 4. The Morgan fingerprint density at radius 1 is 1.23 bits per heavy atom. The summed E-state index contributed by atoms with van der Waals surface area (Å²) >= 11 is 0. The van der Waals surface area contributed by atoms with Gasteiger partial charge in [-0.2, -0.15) is 9.90 Å². The van der Waals surface area contributed by atoms with E-state index in [1.54, 1.807) is 26.4 Å². The van der Waals surface area contributed by atoms with E-state index in [0.717, 1.165) is 12.2 Å². The van der Waals surface area contributed by atoms with E-state index in [1.165, 1.54) is 34.3 Å². The molecular weight excluding hydrogens is 336 g/mol. The lowest BCUT2D eigenvalue weighted by Crippen LogP contribution is -2.17. The van der Waals surface area contributed by atoms with E-state index in [2.05, 4.69) is 15.5 Å². The van der Waals surface area contributed by atoms with Gasteiger partial charge in [-0.05, 0) is 24.8 Å². The fraction of sp³-hybridized carbons (Fsp3) is 0.353. The topological polar surface area (TPSA) is 108 Å². The molecular formula is C17H18N6O3. The molecule has 2 heterocycles. The van der Waals surface area contributed by atoms with Gasteiger partial charge >= 0.3 is 0 Å². The van der Waals surface area contributed by atoms with Crippen LogP contribution in [0.15, 0.2) is 29.2 Å². The van der Waals surface area contributed by atoms with Crippen LogP contribution in [0.5, 0.6) is 0 Å². The zero-order valence-electron chi connectivity index (χ0n) is 14.5. The standard InChI is InChI=1S/C17H18N6O3/c1-21-9-13(15-16(17(21)24)20-22(2)19-15)12-7-11(23(25)26)5-6-14(12)18-8-10-3-4-10/h5-7,9-10,18H,3-4,8H2,1-2H3. The number of nitrogens with zero attached hydrogens (tertiary/aromatic N) is 5. The summed E-state index contributed by atoms with van der Waals surface area (Å²) in [5.41, 5.74) is 2.47. The van der Waals surface area contributed by atoms with Crippen LogP contribution in [0.4, 0.5) is 11.4 Å². The van der Waals surface area contributed by atoms with Gasteiger partial charge in [0.15, 0.2) is 5.52 Å². The second-order valence-electron chi connectivity index (χ2n) is 6.66. The Kier molecular flexibility index (Phi) is 3.71. The number of pyridine rings is 1. The largest absolute Gasteiger partial charge is 0.384 e. The van der Waals surface area contributed by atoms with Crippen molar-refractivity contribution in [2.45, 2.75) is 12.8 Å². The van der Waals surface area contributed by atoms with Crippen LogP contribution < -0.4 is 10.9 Å². The van der Waals surface area contributed by atoms with Crippen molar-refractivity contribution in [3.63, 3.8) is 0 Å². The SMILES string of the molecule is Cn1nc2c(-c3cc([N+](=O)[O-])ccc3NCC3CC3)cn(C)c(=O)c2n1. The van der Waals surface area contributed by atoms with Crippen LogP contribution in [0, 0.1) is 16.0 Å². The van der Waals surface area contributed by atoms with E-state index in [0.29, 0.717) is 22.6 Å². The van der Waals surface area contributed by atoms with Crippen molar-refractivity contribution in [2.75, 3.05) is 11.9 Å². The summed E-state index contributed by atoms with van der Waals surface area (Å²) in [6.07, 6.45) is 4.05. The highest BCUT2D eigenvalue weighted by Crippen LogP contribution is 2.36. The number of nitro groups is 1. The Balaban J connectivity index is 1.94. The number of fused-ring (bicyclic) bond motifs is 1. The molecule has 134 valence electrons. The lowest BCUT2D eigenvalue weighted by Gasteiger charge is -2.13. The van der Waals surface area contributed by atoms with Crippen molar-refractivity contribution in [3.8, 4) is 11.1 Å². The number of benzene rings is 1. The lowest BCUT2D eigenvalue weighted by molar-refractivity contribution is -0.384. The summed E-state index contributed by atoms with van der Waals surface area (Å²) in [4.78, 5) is 24.5. The summed E-state index contributed by atoms with van der Waals surface area (Å²) in [6.45, 7) is 0.820. The fourth-order valence-electron chi connectivity index (χ4n) is 3.01. The smallest absolute Gasteiger partial charge is 0.280 e. The van der Waals surface area contributed by atoms with E-state index in [-0.39, 0.29) is 16.8 Å². The quantitative estimate of drug-likeness (QED) is 0.555. The van der Waals surface area contributed by atoms with Gasteiger partial charge in [-0.25, -0.2) is 0 Å². The fourth-order valence-corrected chi connectivity index (χ4v) is 3.01. The third-order valence-electron chi connectivity index (χ3n) is 4.60. The number of nitro benzene ring substituents is 1. The van der Waals surface area contributed by atoms with Crippen molar-refractivity contribution in [1.82, 2.24) is 19.6 Å². The van der Waals surface area contributed by atoms with E-state index in [9.17, 15) is 14.9 Å². The van der Waals surface area contributed by atoms with Crippen molar-refractivity contribution < 1.29 is 4.92 Å². The predicted octanol–water partition coefficient (Wildman–Crippen LogP) is 2.06. The molecule has 1 saturated carbocycles. The molecule has 0 unspecified atom stereocenters. The van der Waals surface area contributed by atoms with E-state index < -0.39 is 4.92 Å². The number of hydrogen-bond donors (Lipinski definition) is 1. The van der Waals surface area contributed by atoms with Crippen LogP contribution in [0.3, 0.4) is 0 Å². The monoisotopic (exact) mass is 354 g/mol. The molecule has 9 heteroatoms. The predicted molar refractivity (Wildman–Crippen MR) is 97.1 cm³/mol. The molecule has 1 aliphatic carbocycles. The highest BCUT2D eigenvalue weighted by molar-refractivity contribution is 5.95. The van der Waals surface area contributed by atoms with E-state index >= 15 is 0 Å². The average molecular weight is 354 g/mol. The number of rotatable bonds is 5. The van der Waals surface area contributed by atoms with Crippen molar-refractivity contribution >= 4 is 22.4 Å². The number of aryl methyl sites for hydroxylation is 2. The Hall–Kier alpha value is -3.23. The molecule has 0 aliphatic heterocycles. The van der Waals surface area contributed by atoms with Gasteiger partial charge in [-0.3, -0.25) is 14.9 Å². The first kappa shape index (κ1) is 16.2. The third kappa shape index (κ3) is 2.81. The minimum Gasteiger partial charge on any atom is -0.384 e. The molecule has 0 amide bonds. The molecule has 0 bridgehead atoms. The number of hydrogen-bond acceptors (Lipinski definition) is 6. The van der Waals surface area contributed by atoms with Gasteiger partial charge in [-0.15, -0.1) is 5.10 Å². The molecule has 1 fully saturated rings. The minimum atomic E-state index is -0.427. The Morgan fingerprint density at radius 2 is 1.96 bits per heavy atom. The molecule has 1 N–H and O–H groups in total. The average Bonchev–Trinajstić information content (AvgIpc) is 3.36. The van der Waals surface area contributed by atoms with Crippen molar-refractivity contribution in [1.29, 1.82) is 0 Å². The second-order valence-corrected chi connectivity index (χ2v) is 6.66. The van der Waals surface area contributed by atoms with Crippen LogP contribution in [-0.4, -0.2) is 31.0 Å². The van der Waals surface area contributed by atoms with Gasteiger partial charge in [0.1, 0.15) is 5.52 Å². The molecule has 3 aromatic rings. The number of nitrogens with one attached hydrogen (secondary N) is 1. The van der Waals surface area contributed by atoms with Crippen LogP contribution in [0.1, 0.15) is 12.8 Å². The number of anilines is 1. The molecule has 1 aliphatic rings. The minimum absolute atomic E-state index is 0.0112. The maximum absolute atomic E-state index is 12.3. The lowest BCUT2D eigenvalue weighted by atomic mass is 10.0. The maximum Gasteiger partial charge on any atom is 0.280 e. The molecule has 9 nitrogen and oxygen atoms in total. The zero-order chi connectivity index (χ0) is 18.4. The highest BCUT2D eigenvalue weighted by Gasteiger charge is 2.23. The molecule has 2 aromatic heterocycles. The van der Waals surface area contributed by atoms with Gasteiger partial charge in [0.2, 0.25) is 0 Å². The van der Waals surface area contributed by atoms with E-state index in [1.807, 2.05) is 0 Å². The Morgan fingerprint density at radius 3 is 2.65 bits per heavy atom. The first-order chi connectivity index (χ1) is 12.4. The molecule has 4 rings (SSSR count). The molecule has 26 heavy (non-hydrogen) atoms. The highest BCUT2D eigenvalue weighted by atomic mass is 16.6. The normalized spacial score (nSPS) is 13.9. The van der Waals surface area contributed by atoms with Gasteiger partial charge in [0, 0.05) is 55.8 Å². The molecule has 0 saturated heterocycles. The van der Waals surface area contributed by atoms with Gasteiger partial charge < -0.3 is 9.88 Å². The summed E-state index contributed by atoms with van der Waals surface area (Å²) in [5.74, 6) is 0.648. The summed E-state index contributed by atoms with van der Waals surface area (Å²) in [5, 5.41) is 23.1. The number of non-ortho nitro benzene ring substituents is 1. The second kappa shape index (κ2) is 5.94. The molecule has 0 spiro atoms. The first-order valence-electron chi connectivity index (χ1n) is 8.37. The third-order valence-corrected chi connectivity index (χ3v) is 4.60. The van der Waals surface area contributed by atoms with Crippen LogP contribution in [0.25, 0.3) is 22.2 Å². The van der Waals surface area contributed by atoms with Crippen LogP contribution in [0.2, 0.25) is 0 Å². The van der Waals surface area contributed by atoms with Crippen molar-refractivity contribution in [2.24, 2.45) is 20.0 Å². The van der Waals surface area contributed by atoms with Gasteiger partial charge in [0.05, 0.1) is 4.92 Å². The molecule has 0 atom stereocenters. The van der Waals surface area contributed by atoms with E-state index in [4.69, 9.17) is 0 Å². The Bertz CT molecular complexity index is 1080. The summed E-state index contributed by atoms with van der Waals surface area (Å²) in [6, 6.07) is 4.71. The summed E-state index contributed by atoms with van der Waals surface area (Å²) < 4.78 is 1.43. The van der Waals surface area contributed by atoms with Crippen LogP contribution >= 0.6 is 0 Å². The molecule has 0 radical (unpaired) electrons. The van der Waals surface area contributed by atoms with Crippen LogP contribution in [-0.2, 0) is 14.1 Å². The maximum atomic E-state index is 12.3. The molecule has 1 aromatic carbocycles. The Labute approximate surface area is 148 Å². The summed E-state index contributed by atoms with van der Waals surface area (Å²) in [7, 11) is 3.28. The van der Waals surface area contributed by atoms with Gasteiger partial charge in [0.25, 0.3) is 11.2 Å².